The molecule has 0 amide bonds. The van der Waals surface area contributed by atoms with Crippen LogP contribution in [0.3, 0.4) is 0 Å². The zero-order valence-electron chi connectivity index (χ0n) is 11.3. The number of aryl methyl sites for hydroxylation is 1. The van der Waals surface area contributed by atoms with Gasteiger partial charge in [-0.2, -0.15) is 0 Å². The highest BCUT2D eigenvalue weighted by molar-refractivity contribution is 7.18. The number of hydrogen-bond acceptors (Lipinski definition) is 5. The molecule has 0 saturated carbocycles. The second kappa shape index (κ2) is 5.43. The summed E-state index contributed by atoms with van der Waals surface area (Å²) in [6.45, 7) is 6.10. The summed E-state index contributed by atoms with van der Waals surface area (Å²) < 4.78 is 6.59. The zero-order chi connectivity index (χ0) is 13.2. The fourth-order valence-electron chi connectivity index (χ4n) is 2.62. The van der Waals surface area contributed by atoms with Crippen molar-refractivity contribution in [2.45, 2.75) is 32.7 Å². The fourth-order valence-corrected chi connectivity index (χ4v) is 3.58. The van der Waals surface area contributed by atoms with Gasteiger partial charge >= 0.3 is 0 Å². The first kappa shape index (κ1) is 12.8. The predicted octanol–water partition coefficient (Wildman–Crippen LogP) is 3.23. The molecule has 3 heterocycles. The molecule has 1 atom stereocenters. The molecule has 0 bridgehead atoms. The summed E-state index contributed by atoms with van der Waals surface area (Å²) in [7, 11) is 0. The maximum Gasteiger partial charge on any atom is 0.147 e. The lowest BCUT2D eigenvalue weighted by Gasteiger charge is -2.28. The summed E-state index contributed by atoms with van der Waals surface area (Å²) in [6, 6.07) is 0.421. The number of thiophene rings is 1. The van der Waals surface area contributed by atoms with E-state index in [0.717, 1.165) is 37.4 Å². The summed E-state index contributed by atoms with van der Waals surface area (Å²) in [5.41, 5.74) is 2.30. The monoisotopic (exact) mass is 277 g/mol. The van der Waals surface area contributed by atoms with E-state index in [1.165, 1.54) is 10.3 Å². The molecule has 0 aliphatic carbocycles. The number of anilines is 1. The van der Waals surface area contributed by atoms with Gasteiger partial charge in [0.1, 0.15) is 12.1 Å². The topological polar surface area (TPSA) is 47.0 Å². The zero-order valence-corrected chi connectivity index (χ0v) is 12.2. The Balaban J connectivity index is 1.80. The summed E-state index contributed by atoms with van der Waals surface area (Å²) in [5.74, 6) is 1.64. The molecule has 3 rings (SSSR count). The van der Waals surface area contributed by atoms with Crippen LogP contribution in [0.5, 0.6) is 0 Å². The van der Waals surface area contributed by atoms with E-state index in [1.54, 1.807) is 17.7 Å². The molecule has 2 aromatic heterocycles. The molecule has 0 spiro atoms. The Bertz CT molecular complexity index is 563. The molecule has 1 fully saturated rings. The first-order chi connectivity index (χ1) is 9.25. The molecular weight excluding hydrogens is 258 g/mol. The largest absolute Gasteiger partial charge is 0.381 e. The minimum absolute atomic E-state index is 0.421. The second-order valence-corrected chi connectivity index (χ2v) is 6.08. The molecule has 1 aliphatic heterocycles. The van der Waals surface area contributed by atoms with Gasteiger partial charge in [0.15, 0.2) is 0 Å². The van der Waals surface area contributed by atoms with Gasteiger partial charge in [-0.1, -0.05) is 0 Å². The van der Waals surface area contributed by atoms with Crippen LogP contribution in [-0.4, -0.2) is 29.2 Å². The van der Waals surface area contributed by atoms with Crippen LogP contribution in [0, 0.1) is 12.8 Å². The molecule has 19 heavy (non-hydrogen) atoms. The quantitative estimate of drug-likeness (QED) is 0.935. The van der Waals surface area contributed by atoms with Crippen LogP contribution in [0.1, 0.15) is 25.3 Å². The van der Waals surface area contributed by atoms with E-state index in [1.807, 2.05) is 0 Å². The van der Waals surface area contributed by atoms with Gasteiger partial charge in [0, 0.05) is 19.3 Å². The SMILES string of the molecule is Cc1csc2c(NC(C)C3CCOCC3)ncnc12. The van der Waals surface area contributed by atoms with Gasteiger partial charge in [0.25, 0.3) is 0 Å². The predicted molar refractivity (Wildman–Crippen MR) is 78.8 cm³/mol. The van der Waals surface area contributed by atoms with Gasteiger partial charge in [-0.3, -0.25) is 0 Å². The Morgan fingerprint density at radius 1 is 1.37 bits per heavy atom. The molecule has 1 aliphatic rings. The van der Waals surface area contributed by atoms with E-state index in [-0.39, 0.29) is 0 Å². The highest BCUT2D eigenvalue weighted by Gasteiger charge is 2.21. The van der Waals surface area contributed by atoms with Gasteiger partial charge in [0.2, 0.25) is 0 Å². The Morgan fingerprint density at radius 3 is 2.95 bits per heavy atom. The van der Waals surface area contributed by atoms with Crippen LogP contribution in [0.25, 0.3) is 10.2 Å². The van der Waals surface area contributed by atoms with E-state index in [2.05, 4.69) is 34.5 Å². The van der Waals surface area contributed by atoms with Gasteiger partial charge < -0.3 is 10.1 Å². The standard InChI is InChI=1S/C14H19N3OS/c1-9-7-19-13-12(9)15-8-16-14(13)17-10(2)11-3-5-18-6-4-11/h7-8,10-11H,3-6H2,1-2H3,(H,15,16,17). The van der Waals surface area contributed by atoms with Gasteiger partial charge in [-0.15, -0.1) is 11.3 Å². The molecule has 0 radical (unpaired) electrons. The lowest BCUT2D eigenvalue weighted by Crippen LogP contribution is -2.31. The Labute approximate surface area is 117 Å². The lowest BCUT2D eigenvalue weighted by atomic mass is 9.93. The number of nitrogens with one attached hydrogen (secondary N) is 1. The summed E-state index contributed by atoms with van der Waals surface area (Å²) >= 11 is 1.72. The van der Waals surface area contributed by atoms with Crippen molar-refractivity contribution in [1.82, 2.24) is 9.97 Å². The normalized spacial score (nSPS) is 18.6. The van der Waals surface area contributed by atoms with E-state index in [4.69, 9.17) is 4.74 Å². The minimum Gasteiger partial charge on any atom is -0.381 e. The smallest absolute Gasteiger partial charge is 0.147 e. The first-order valence-electron chi connectivity index (χ1n) is 6.79. The Hall–Kier alpha value is -1.20. The van der Waals surface area contributed by atoms with E-state index in [9.17, 15) is 0 Å². The third-order valence-electron chi connectivity index (χ3n) is 3.87. The number of hydrogen-bond donors (Lipinski definition) is 1. The summed E-state index contributed by atoms with van der Waals surface area (Å²) in [5, 5.41) is 5.71. The molecule has 4 nitrogen and oxygen atoms in total. The fraction of sp³-hybridized carbons (Fsp3) is 0.571. The van der Waals surface area contributed by atoms with Crippen molar-refractivity contribution in [3.63, 3.8) is 0 Å². The van der Waals surface area contributed by atoms with Crippen LogP contribution < -0.4 is 5.32 Å². The molecule has 5 heteroatoms. The minimum atomic E-state index is 0.421. The van der Waals surface area contributed by atoms with Crippen LogP contribution in [0.15, 0.2) is 11.7 Å². The highest BCUT2D eigenvalue weighted by Crippen LogP contribution is 2.30. The van der Waals surface area contributed by atoms with Gasteiger partial charge in [-0.05, 0) is 43.6 Å². The molecule has 2 aromatic rings. The summed E-state index contributed by atoms with van der Waals surface area (Å²) in [4.78, 5) is 8.77. The van der Waals surface area contributed by atoms with Crippen molar-refractivity contribution >= 4 is 27.4 Å². The lowest BCUT2D eigenvalue weighted by molar-refractivity contribution is 0.0622. The van der Waals surface area contributed by atoms with Crippen molar-refractivity contribution < 1.29 is 4.74 Å². The molecule has 1 saturated heterocycles. The average molecular weight is 277 g/mol. The Kier molecular flexibility index (Phi) is 3.66. The van der Waals surface area contributed by atoms with Crippen molar-refractivity contribution in [3.05, 3.63) is 17.3 Å². The molecule has 0 aromatic carbocycles. The molecule has 102 valence electrons. The maximum atomic E-state index is 5.42. The van der Waals surface area contributed by atoms with Crippen LogP contribution >= 0.6 is 11.3 Å². The van der Waals surface area contributed by atoms with Crippen LogP contribution in [0.2, 0.25) is 0 Å². The number of fused-ring (bicyclic) bond motifs is 1. The van der Waals surface area contributed by atoms with Gasteiger partial charge in [0.05, 0.1) is 10.2 Å². The van der Waals surface area contributed by atoms with E-state index >= 15 is 0 Å². The second-order valence-electron chi connectivity index (χ2n) is 5.20. The highest BCUT2D eigenvalue weighted by atomic mass is 32.1. The molecule has 1 unspecified atom stereocenters. The van der Waals surface area contributed by atoms with Crippen LogP contribution in [-0.2, 0) is 4.74 Å². The van der Waals surface area contributed by atoms with Gasteiger partial charge in [-0.25, -0.2) is 9.97 Å². The number of rotatable bonds is 3. The Morgan fingerprint density at radius 2 is 2.16 bits per heavy atom. The number of nitrogens with zero attached hydrogens (tertiary/aromatic N) is 2. The van der Waals surface area contributed by atoms with Crippen molar-refractivity contribution in [2.75, 3.05) is 18.5 Å². The maximum absolute atomic E-state index is 5.42. The van der Waals surface area contributed by atoms with Crippen LogP contribution in [0.4, 0.5) is 5.82 Å². The number of aromatic nitrogens is 2. The average Bonchev–Trinajstić information content (AvgIpc) is 2.83. The van der Waals surface area contributed by atoms with Crippen molar-refractivity contribution in [2.24, 2.45) is 5.92 Å². The molecular formula is C14H19N3OS. The molecule has 1 N–H and O–H groups in total. The third-order valence-corrected chi connectivity index (χ3v) is 4.96. The van der Waals surface area contributed by atoms with E-state index < -0.39 is 0 Å². The van der Waals surface area contributed by atoms with Crippen molar-refractivity contribution in [1.29, 1.82) is 0 Å². The van der Waals surface area contributed by atoms with E-state index in [0.29, 0.717) is 12.0 Å². The first-order valence-corrected chi connectivity index (χ1v) is 7.66. The third kappa shape index (κ3) is 2.58. The summed E-state index contributed by atoms with van der Waals surface area (Å²) in [6.07, 6.45) is 3.92. The number of ether oxygens (including phenoxy) is 1. The van der Waals surface area contributed by atoms with Crippen molar-refractivity contribution in [3.8, 4) is 0 Å².